The third-order valence-electron chi connectivity index (χ3n) is 3.37. The summed E-state index contributed by atoms with van der Waals surface area (Å²) in [5.41, 5.74) is 0.727. The molecule has 0 atom stereocenters. The van der Waals surface area contributed by atoms with Gasteiger partial charge in [-0.05, 0) is 37.0 Å². The molecule has 1 rings (SSSR count). The van der Waals surface area contributed by atoms with Gasteiger partial charge in [-0.15, -0.1) is 0 Å². The molecule has 4 nitrogen and oxygen atoms in total. The van der Waals surface area contributed by atoms with Crippen molar-refractivity contribution in [1.82, 2.24) is 0 Å². The van der Waals surface area contributed by atoms with Crippen molar-refractivity contribution in [1.29, 1.82) is 0 Å². The van der Waals surface area contributed by atoms with Gasteiger partial charge in [0, 0.05) is 0 Å². The standard InChI is InChI=1S/C14H20O4S/c1-4-10-7-8-12(9-13(10)14(15)16)19(17,18)11(5-2)6-3/h7-9,11H,4-6H2,1-3H3,(H,15,16). The highest BCUT2D eigenvalue weighted by Gasteiger charge is 2.25. The maximum atomic E-state index is 12.4. The first-order valence-electron chi connectivity index (χ1n) is 6.48. The molecule has 0 aromatic heterocycles. The Kier molecular flexibility index (Phi) is 5.11. The molecule has 5 heteroatoms. The fourth-order valence-electron chi connectivity index (χ4n) is 2.16. The third-order valence-corrected chi connectivity index (χ3v) is 5.83. The van der Waals surface area contributed by atoms with Crippen molar-refractivity contribution < 1.29 is 18.3 Å². The summed E-state index contributed by atoms with van der Waals surface area (Å²) in [5, 5.41) is 8.69. The minimum atomic E-state index is -3.45. The molecule has 1 aromatic carbocycles. The van der Waals surface area contributed by atoms with Gasteiger partial charge in [0.15, 0.2) is 9.84 Å². The molecule has 1 aromatic rings. The molecular formula is C14H20O4S. The summed E-state index contributed by atoms with van der Waals surface area (Å²) in [6.45, 7) is 5.49. The van der Waals surface area contributed by atoms with Gasteiger partial charge in [-0.3, -0.25) is 0 Å². The van der Waals surface area contributed by atoms with Crippen molar-refractivity contribution in [2.45, 2.75) is 50.2 Å². The topological polar surface area (TPSA) is 71.4 Å². The van der Waals surface area contributed by atoms with E-state index < -0.39 is 21.1 Å². The van der Waals surface area contributed by atoms with Gasteiger partial charge in [-0.1, -0.05) is 26.8 Å². The van der Waals surface area contributed by atoms with Gasteiger partial charge in [-0.2, -0.15) is 0 Å². The van der Waals surface area contributed by atoms with Crippen LogP contribution >= 0.6 is 0 Å². The van der Waals surface area contributed by atoms with Crippen molar-refractivity contribution in [2.75, 3.05) is 0 Å². The molecule has 0 fully saturated rings. The molecule has 0 unspecified atom stereocenters. The van der Waals surface area contributed by atoms with Gasteiger partial charge >= 0.3 is 5.97 Å². The number of sulfone groups is 1. The van der Waals surface area contributed by atoms with E-state index in [-0.39, 0.29) is 10.5 Å². The lowest BCUT2D eigenvalue weighted by atomic mass is 10.1. The van der Waals surface area contributed by atoms with Gasteiger partial charge < -0.3 is 5.11 Å². The van der Waals surface area contributed by atoms with Crippen LogP contribution in [-0.2, 0) is 16.3 Å². The minimum absolute atomic E-state index is 0.0783. The van der Waals surface area contributed by atoms with Gasteiger partial charge in [0.2, 0.25) is 0 Å². The first kappa shape index (κ1) is 15.7. The molecule has 0 spiro atoms. The molecule has 106 valence electrons. The fraction of sp³-hybridized carbons (Fsp3) is 0.500. The lowest BCUT2D eigenvalue weighted by Crippen LogP contribution is -2.20. The van der Waals surface area contributed by atoms with Crippen molar-refractivity contribution >= 4 is 15.8 Å². The lowest BCUT2D eigenvalue weighted by molar-refractivity contribution is 0.0695. The number of rotatable bonds is 6. The highest BCUT2D eigenvalue weighted by Crippen LogP contribution is 2.23. The molecule has 0 saturated heterocycles. The number of benzene rings is 1. The SMILES string of the molecule is CCc1ccc(S(=O)(=O)C(CC)CC)cc1C(=O)O. The Balaban J connectivity index is 3.37. The Morgan fingerprint density at radius 3 is 2.21 bits per heavy atom. The molecule has 0 aliphatic heterocycles. The van der Waals surface area contributed by atoms with E-state index in [0.29, 0.717) is 24.8 Å². The van der Waals surface area contributed by atoms with Gasteiger partial charge in [-0.25, -0.2) is 13.2 Å². The average Bonchev–Trinajstić information content (AvgIpc) is 2.38. The monoisotopic (exact) mass is 284 g/mol. The van der Waals surface area contributed by atoms with Crippen LogP contribution in [0.5, 0.6) is 0 Å². The zero-order valence-electron chi connectivity index (χ0n) is 11.5. The van der Waals surface area contributed by atoms with Crippen LogP contribution in [0, 0.1) is 0 Å². The Hall–Kier alpha value is -1.36. The van der Waals surface area contributed by atoms with E-state index >= 15 is 0 Å². The molecule has 19 heavy (non-hydrogen) atoms. The number of aryl methyl sites for hydroxylation is 1. The van der Waals surface area contributed by atoms with Gasteiger partial charge in [0.1, 0.15) is 0 Å². The van der Waals surface area contributed by atoms with E-state index in [4.69, 9.17) is 5.11 Å². The molecule has 0 heterocycles. The van der Waals surface area contributed by atoms with Crippen LogP contribution in [0.2, 0.25) is 0 Å². The lowest BCUT2D eigenvalue weighted by Gasteiger charge is -2.15. The van der Waals surface area contributed by atoms with Crippen molar-refractivity contribution in [3.05, 3.63) is 29.3 Å². The summed E-state index contributed by atoms with van der Waals surface area (Å²) in [4.78, 5) is 11.3. The Morgan fingerprint density at radius 1 is 1.21 bits per heavy atom. The molecule has 0 amide bonds. The van der Waals surface area contributed by atoms with Crippen molar-refractivity contribution in [3.8, 4) is 0 Å². The van der Waals surface area contributed by atoms with Crippen LogP contribution in [0.25, 0.3) is 0 Å². The quantitative estimate of drug-likeness (QED) is 0.871. The zero-order valence-corrected chi connectivity index (χ0v) is 12.3. The van der Waals surface area contributed by atoms with Crippen LogP contribution < -0.4 is 0 Å². The highest BCUT2D eigenvalue weighted by molar-refractivity contribution is 7.92. The smallest absolute Gasteiger partial charge is 0.336 e. The summed E-state index contributed by atoms with van der Waals surface area (Å²) < 4.78 is 24.8. The second kappa shape index (κ2) is 6.19. The molecule has 0 aliphatic rings. The first-order chi connectivity index (χ1) is 8.88. The predicted octanol–water partition coefficient (Wildman–Crippen LogP) is 2.91. The average molecular weight is 284 g/mol. The van der Waals surface area contributed by atoms with Gasteiger partial charge in [0.25, 0.3) is 0 Å². The summed E-state index contributed by atoms with van der Waals surface area (Å²) in [6.07, 6.45) is 1.61. The molecule has 0 radical (unpaired) electrons. The summed E-state index contributed by atoms with van der Waals surface area (Å²) in [5.74, 6) is -1.08. The summed E-state index contributed by atoms with van der Waals surface area (Å²) in [7, 11) is -3.45. The normalized spacial score (nSPS) is 11.8. The first-order valence-corrected chi connectivity index (χ1v) is 8.03. The minimum Gasteiger partial charge on any atom is -0.478 e. The van der Waals surface area contributed by atoms with E-state index in [1.54, 1.807) is 6.07 Å². The summed E-state index contributed by atoms with van der Waals surface area (Å²) in [6, 6.07) is 4.40. The van der Waals surface area contributed by atoms with E-state index in [1.807, 2.05) is 20.8 Å². The number of carboxylic acids is 1. The highest BCUT2D eigenvalue weighted by atomic mass is 32.2. The summed E-state index contributed by atoms with van der Waals surface area (Å²) >= 11 is 0. The van der Waals surface area contributed by atoms with Crippen LogP contribution in [-0.4, -0.2) is 24.7 Å². The number of hydrogen-bond donors (Lipinski definition) is 1. The second-order valence-corrected chi connectivity index (χ2v) is 6.69. The Morgan fingerprint density at radius 2 is 1.79 bits per heavy atom. The molecule has 0 aliphatic carbocycles. The molecular weight excluding hydrogens is 264 g/mol. The van der Waals surface area contributed by atoms with E-state index in [1.165, 1.54) is 12.1 Å². The van der Waals surface area contributed by atoms with E-state index in [2.05, 4.69) is 0 Å². The van der Waals surface area contributed by atoms with E-state index in [9.17, 15) is 13.2 Å². The molecule has 1 N–H and O–H groups in total. The maximum Gasteiger partial charge on any atom is 0.336 e. The molecule has 0 saturated carbocycles. The molecule has 0 bridgehead atoms. The van der Waals surface area contributed by atoms with E-state index in [0.717, 1.165) is 0 Å². The fourth-order valence-corrected chi connectivity index (χ4v) is 3.96. The van der Waals surface area contributed by atoms with Gasteiger partial charge in [0.05, 0.1) is 15.7 Å². The predicted molar refractivity (Wildman–Crippen MR) is 74.3 cm³/mol. The number of aromatic carboxylic acids is 1. The van der Waals surface area contributed by atoms with Crippen molar-refractivity contribution in [3.63, 3.8) is 0 Å². The Labute approximate surface area is 114 Å². The Bertz CT molecular complexity index is 557. The zero-order chi connectivity index (χ0) is 14.6. The van der Waals surface area contributed by atoms with Crippen LogP contribution in [0.15, 0.2) is 23.1 Å². The van der Waals surface area contributed by atoms with Crippen LogP contribution in [0.3, 0.4) is 0 Å². The van der Waals surface area contributed by atoms with Crippen molar-refractivity contribution in [2.24, 2.45) is 0 Å². The number of carboxylic acid groups (broad SMARTS) is 1. The third kappa shape index (κ3) is 3.15. The largest absolute Gasteiger partial charge is 0.478 e. The number of carbonyl (C=O) groups is 1. The maximum absolute atomic E-state index is 12.4. The second-order valence-electron chi connectivity index (χ2n) is 4.46. The van der Waals surface area contributed by atoms with Crippen LogP contribution in [0.1, 0.15) is 49.5 Å². The number of hydrogen-bond acceptors (Lipinski definition) is 3. The van der Waals surface area contributed by atoms with Crippen LogP contribution in [0.4, 0.5) is 0 Å².